The van der Waals surface area contributed by atoms with Crippen LogP contribution in [0.15, 0.2) is 48.5 Å². The van der Waals surface area contributed by atoms with Gasteiger partial charge in [0, 0.05) is 54.2 Å². The van der Waals surface area contributed by atoms with Gasteiger partial charge in [0.1, 0.15) is 5.75 Å². The summed E-state index contributed by atoms with van der Waals surface area (Å²) >= 11 is 0. The number of aliphatic hydroxyl groups is 1. The van der Waals surface area contributed by atoms with Gasteiger partial charge >= 0.3 is 0 Å². The summed E-state index contributed by atoms with van der Waals surface area (Å²) in [6.07, 6.45) is 5.74. The molecule has 8 unspecified atom stereocenters. The van der Waals surface area contributed by atoms with E-state index in [1.165, 1.54) is 17.5 Å². The smallest absolute Gasteiger partial charge is 0.254 e. The summed E-state index contributed by atoms with van der Waals surface area (Å²) in [6, 6.07) is 17.1. The fourth-order valence-corrected chi connectivity index (χ4v) is 12.5. The summed E-state index contributed by atoms with van der Waals surface area (Å²) in [5.74, 6) is 1.67. The van der Waals surface area contributed by atoms with Crippen LogP contribution in [-0.2, 0) is 16.6 Å². The molecule has 2 spiro atoms. The maximum Gasteiger partial charge on any atom is 0.254 e. The van der Waals surface area contributed by atoms with E-state index >= 15 is 0 Å². The summed E-state index contributed by atoms with van der Waals surface area (Å²) in [7, 11) is 0. The average molecular weight is 584 g/mol. The Bertz CT molecular complexity index is 1490. The van der Waals surface area contributed by atoms with Crippen LogP contribution in [0.25, 0.3) is 0 Å². The van der Waals surface area contributed by atoms with Crippen molar-refractivity contribution in [2.75, 3.05) is 26.2 Å². The third-order valence-electron chi connectivity index (χ3n) is 13.4. The number of aliphatic hydroxyl groups excluding tert-OH is 1. The molecule has 7 bridgehead atoms. The number of aromatic hydroxyl groups is 1. The molecule has 2 aromatic rings. The highest BCUT2D eigenvalue weighted by molar-refractivity contribution is 5.95. The van der Waals surface area contributed by atoms with E-state index in [0.29, 0.717) is 23.6 Å². The van der Waals surface area contributed by atoms with E-state index < -0.39 is 12.0 Å². The Morgan fingerprint density at radius 1 is 1.14 bits per heavy atom. The summed E-state index contributed by atoms with van der Waals surface area (Å²) in [5.41, 5.74) is 3.63. The second-order valence-electron chi connectivity index (χ2n) is 16.0. The van der Waals surface area contributed by atoms with Gasteiger partial charge in [-0.3, -0.25) is 14.6 Å². The molecule has 43 heavy (non-hydrogen) atoms. The molecule has 4 aliphatic carbocycles. The second kappa shape index (κ2) is 8.63. The first-order valence-corrected chi connectivity index (χ1v) is 16.6. The Morgan fingerprint density at radius 3 is 2.74 bits per heavy atom. The quantitative estimate of drug-likeness (QED) is 0.510. The van der Waals surface area contributed by atoms with Gasteiger partial charge in [0.25, 0.3) is 5.91 Å². The van der Waals surface area contributed by atoms with Crippen LogP contribution in [0, 0.1) is 22.7 Å². The van der Waals surface area contributed by atoms with Crippen LogP contribution < -0.4 is 0 Å². The van der Waals surface area contributed by atoms with Crippen molar-refractivity contribution in [1.29, 1.82) is 0 Å². The van der Waals surface area contributed by atoms with Crippen LogP contribution in [0.1, 0.15) is 74.4 Å². The predicted octanol–water partition coefficient (Wildman–Crippen LogP) is 4.37. The van der Waals surface area contributed by atoms with E-state index in [0.717, 1.165) is 63.8 Å². The van der Waals surface area contributed by atoms with E-state index in [9.17, 15) is 15.0 Å². The first kappa shape index (κ1) is 26.9. The summed E-state index contributed by atoms with van der Waals surface area (Å²) in [6.45, 7) is 9.77. The topological polar surface area (TPSA) is 76.5 Å². The van der Waals surface area contributed by atoms with Gasteiger partial charge in [-0.15, -0.1) is 0 Å². The zero-order valence-corrected chi connectivity index (χ0v) is 25.7. The molecule has 3 aliphatic heterocycles. The molecule has 2 aromatic carbocycles. The lowest BCUT2D eigenvalue weighted by atomic mass is 9.39. The maximum absolute atomic E-state index is 13.9. The number of likely N-dealkylation sites (tertiary alicyclic amines) is 3. The van der Waals surface area contributed by atoms with Gasteiger partial charge in [-0.2, -0.15) is 0 Å². The van der Waals surface area contributed by atoms with Crippen LogP contribution in [0.5, 0.6) is 5.75 Å². The van der Waals surface area contributed by atoms with E-state index in [-0.39, 0.29) is 34.2 Å². The SMILES string of the molecule is CC(C)(C)OC(O)N1CCC[C@H]1CN1CCC23c4cc(O)ccc4CC1C21CC24CN(C(=O)c5ccccc5)C(CC21)C43. The van der Waals surface area contributed by atoms with Crippen molar-refractivity contribution in [3.63, 3.8) is 0 Å². The Hall–Kier alpha value is -2.45. The number of hydrogen-bond acceptors (Lipinski definition) is 6. The first-order valence-electron chi connectivity index (χ1n) is 16.6. The van der Waals surface area contributed by atoms with E-state index in [1.807, 2.05) is 57.2 Å². The van der Waals surface area contributed by atoms with Crippen LogP contribution in [0.4, 0.5) is 0 Å². The largest absolute Gasteiger partial charge is 0.508 e. The van der Waals surface area contributed by atoms with Gasteiger partial charge in [0.2, 0.25) is 6.41 Å². The van der Waals surface area contributed by atoms with Crippen LogP contribution in [-0.4, -0.2) is 87.1 Å². The zero-order valence-electron chi connectivity index (χ0n) is 25.7. The first-order chi connectivity index (χ1) is 20.6. The lowest BCUT2D eigenvalue weighted by molar-refractivity contribution is -0.245. The number of phenolic OH excluding ortho intramolecular Hbond substituents is 1. The van der Waals surface area contributed by atoms with E-state index in [4.69, 9.17) is 4.74 Å². The van der Waals surface area contributed by atoms with Crippen molar-refractivity contribution in [2.45, 2.75) is 94.9 Å². The average Bonchev–Trinajstić information content (AvgIpc) is 3.72. The molecule has 228 valence electrons. The van der Waals surface area contributed by atoms with Crippen LogP contribution in [0.2, 0.25) is 0 Å². The standard InChI is InChI=1S/C36H45N3O4/c1-33(2,3)43-32(42)38-14-7-10-24(38)19-37-15-13-35-26-17-25(40)12-11-23(26)16-29(37)36(35)20-34-21-39(27(30(34)35)18-28(34)36)31(41)22-8-5-4-6-9-22/h4-6,8-9,11-12,17,24,27-30,32,40,42H,7,10,13-16,18-21H2,1-3H3/t24-,27?,28?,29?,30?,32?,34?,35?,36?/m0/s1. The van der Waals surface area contributed by atoms with Crippen molar-refractivity contribution in [3.8, 4) is 5.75 Å². The Kier molecular flexibility index (Phi) is 5.40. The normalized spacial score (nSPS) is 41.2. The molecule has 3 saturated heterocycles. The number of rotatable bonds is 5. The summed E-state index contributed by atoms with van der Waals surface area (Å²) in [5, 5.41) is 21.9. The Balaban J connectivity index is 1.07. The molecule has 0 radical (unpaired) electrons. The van der Waals surface area contributed by atoms with Crippen molar-refractivity contribution in [3.05, 3.63) is 65.2 Å². The van der Waals surface area contributed by atoms with Gasteiger partial charge in [0.05, 0.1) is 5.60 Å². The molecule has 7 aliphatic rings. The molecular weight excluding hydrogens is 538 g/mol. The van der Waals surface area contributed by atoms with Crippen LogP contribution in [0.3, 0.4) is 0 Å². The van der Waals surface area contributed by atoms with Crippen molar-refractivity contribution >= 4 is 5.91 Å². The van der Waals surface area contributed by atoms with Gasteiger partial charge < -0.3 is 19.8 Å². The fraction of sp³-hybridized carbons (Fsp3) is 0.639. The van der Waals surface area contributed by atoms with Crippen molar-refractivity contribution in [1.82, 2.24) is 14.7 Å². The highest BCUT2D eigenvalue weighted by atomic mass is 16.6. The molecular formula is C36H45N3O4. The fourth-order valence-electron chi connectivity index (χ4n) is 12.5. The third-order valence-corrected chi connectivity index (χ3v) is 13.4. The number of fused-ring (bicyclic) bond motifs is 1. The minimum Gasteiger partial charge on any atom is -0.508 e. The molecule has 2 N–H and O–H groups in total. The lowest BCUT2D eigenvalue weighted by Gasteiger charge is -2.71. The number of ether oxygens (including phenoxy) is 1. The zero-order chi connectivity index (χ0) is 29.5. The Labute approximate surface area is 254 Å². The highest BCUT2D eigenvalue weighted by Gasteiger charge is 2.93. The van der Waals surface area contributed by atoms with Gasteiger partial charge in [-0.05, 0) is 118 Å². The maximum atomic E-state index is 13.9. The number of carbonyl (C=O) groups excluding carboxylic acids is 1. The number of piperidine rings is 2. The molecule has 0 aromatic heterocycles. The number of amides is 1. The number of phenols is 1. The van der Waals surface area contributed by atoms with Crippen molar-refractivity contribution < 1.29 is 19.7 Å². The summed E-state index contributed by atoms with van der Waals surface area (Å²) < 4.78 is 6.02. The van der Waals surface area contributed by atoms with Gasteiger partial charge in [-0.25, -0.2) is 0 Å². The van der Waals surface area contributed by atoms with E-state index in [2.05, 4.69) is 26.8 Å². The summed E-state index contributed by atoms with van der Waals surface area (Å²) in [4.78, 5) is 21.1. The highest BCUT2D eigenvalue weighted by Crippen LogP contribution is 2.92. The molecule has 3 saturated carbocycles. The number of carbonyl (C=O) groups is 1. The second-order valence-corrected chi connectivity index (χ2v) is 16.0. The molecule has 3 heterocycles. The number of nitrogens with zero attached hydrogens (tertiary/aromatic N) is 3. The Morgan fingerprint density at radius 2 is 1.95 bits per heavy atom. The molecule has 9 rings (SSSR count). The lowest BCUT2D eigenvalue weighted by Crippen LogP contribution is -2.74. The predicted molar refractivity (Wildman–Crippen MR) is 162 cm³/mol. The van der Waals surface area contributed by atoms with Gasteiger partial charge in [0.15, 0.2) is 0 Å². The molecule has 7 heteroatoms. The number of hydrogen-bond donors (Lipinski definition) is 2. The van der Waals surface area contributed by atoms with E-state index in [1.54, 1.807) is 0 Å². The van der Waals surface area contributed by atoms with Gasteiger partial charge in [-0.1, -0.05) is 24.3 Å². The third kappa shape index (κ3) is 3.22. The minimum absolute atomic E-state index is 0.0179. The van der Waals surface area contributed by atoms with Crippen molar-refractivity contribution in [2.24, 2.45) is 22.7 Å². The number of benzene rings is 2. The monoisotopic (exact) mass is 583 g/mol. The van der Waals surface area contributed by atoms with Crippen LogP contribution >= 0.6 is 0 Å². The molecule has 9 atom stereocenters. The molecule has 1 amide bonds. The minimum atomic E-state index is -0.872. The molecule has 6 fully saturated rings. The molecule has 7 nitrogen and oxygen atoms in total.